The lowest BCUT2D eigenvalue weighted by molar-refractivity contribution is 0.0925. The van der Waals surface area contributed by atoms with E-state index in [0.29, 0.717) is 16.0 Å². The first-order valence-electron chi connectivity index (χ1n) is 5.77. The normalized spacial score (nSPS) is 12.6. The number of carbonyl (C=O) groups excluding carboxylic acids is 1. The van der Waals surface area contributed by atoms with Crippen molar-refractivity contribution < 1.29 is 9.18 Å². The molecule has 0 spiro atoms. The summed E-state index contributed by atoms with van der Waals surface area (Å²) in [5.41, 5.74) is 0.462. The predicted molar refractivity (Wildman–Crippen MR) is 78.6 cm³/mol. The van der Waals surface area contributed by atoms with Gasteiger partial charge in [0.1, 0.15) is 5.82 Å². The summed E-state index contributed by atoms with van der Waals surface area (Å²) in [6.45, 7) is 4.13. The molecular formula is C13H16Br2FNO. The average molecular weight is 381 g/mol. The summed E-state index contributed by atoms with van der Waals surface area (Å²) in [5, 5.41) is 3.80. The lowest BCUT2D eigenvalue weighted by atomic mass is 10.0. The third kappa shape index (κ3) is 4.35. The third-order valence-electron chi connectivity index (χ3n) is 2.72. The van der Waals surface area contributed by atoms with Crippen LogP contribution in [0, 0.1) is 11.7 Å². The van der Waals surface area contributed by atoms with Crippen LogP contribution in [-0.2, 0) is 0 Å². The lowest BCUT2D eigenvalue weighted by Gasteiger charge is -2.21. The Morgan fingerprint density at radius 3 is 2.61 bits per heavy atom. The Hall–Kier alpha value is -0.420. The molecule has 1 rings (SSSR count). The largest absolute Gasteiger partial charge is 0.349 e. The van der Waals surface area contributed by atoms with Gasteiger partial charge < -0.3 is 5.32 Å². The molecular weight excluding hydrogens is 365 g/mol. The van der Waals surface area contributed by atoms with Crippen molar-refractivity contribution in [3.63, 3.8) is 0 Å². The zero-order valence-electron chi connectivity index (χ0n) is 10.3. The van der Waals surface area contributed by atoms with E-state index in [1.54, 1.807) is 0 Å². The Labute approximate surface area is 124 Å². The topological polar surface area (TPSA) is 29.1 Å². The third-order valence-corrected chi connectivity index (χ3v) is 3.79. The van der Waals surface area contributed by atoms with Gasteiger partial charge in [-0.25, -0.2) is 4.39 Å². The maximum absolute atomic E-state index is 13.1. The number of amides is 1. The van der Waals surface area contributed by atoms with E-state index in [9.17, 15) is 9.18 Å². The molecule has 2 nitrogen and oxygen atoms in total. The van der Waals surface area contributed by atoms with Gasteiger partial charge in [-0.1, -0.05) is 29.8 Å². The first-order valence-corrected chi connectivity index (χ1v) is 7.69. The molecule has 1 unspecified atom stereocenters. The molecule has 0 aliphatic rings. The molecule has 0 heterocycles. The first-order chi connectivity index (χ1) is 8.45. The van der Waals surface area contributed by atoms with E-state index in [-0.39, 0.29) is 17.8 Å². The highest BCUT2D eigenvalue weighted by atomic mass is 79.9. The molecule has 1 aromatic rings. The number of hydrogen-bond donors (Lipinski definition) is 1. The van der Waals surface area contributed by atoms with Crippen LogP contribution < -0.4 is 5.32 Å². The van der Waals surface area contributed by atoms with Crippen molar-refractivity contribution >= 4 is 37.8 Å². The van der Waals surface area contributed by atoms with Gasteiger partial charge in [0.05, 0.1) is 4.47 Å². The summed E-state index contributed by atoms with van der Waals surface area (Å²) in [5.74, 6) is -0.182. The fourth-order valence-corrected chi connectivity index (χ4v) is 2.45. The second-order valence-corrected chi connectivity index (χ2v) is 6.08. The fourth-order valence-electron chi connectivity index (χ4n) is 1.58. The van der Waals surface area contributed by atoms with Crippen molar-refractivity contribution in [2.45, 2.75) is 26.3 Å². The molecule has 18 heavy (non-hydrogen) atoms. The standard InChI is InChI=1S/C13H16Br2FNO/c1-8(2)12(5-6-14)17-13(18)9-3-4-11(16)10(15)7-9/h3-4,7-8,12H,5-6H2,1-2H3,(H,17,18). The molecule has 0 aliphatic carbocycles. The van der Waals surface area contributed by atoms with Crippen LogP contribution in [-0.4, -0.2) is 17.3 Å². The van der Waals surface area contributed by atoms with Crippen molar-refractivity contribution in [2.75, 3.05) is 5.33 Å². The van der Waals surface area contributed by atoms with Gasteiger partial charge in [-0.2, -0.15) is 0 Å². The smallest absolute Gasteiger partial charge is 0.251 e. The van der Waals surface area contributed by atoms with Crippen molar-refractivity contribution in [2.24, 2.45) is 5.92 Å². The van der Waals surface area contributed by atoms with Gasteiger partial charge in [-0.3, -0.25) is 4.79 Å². The van der Waals surface area contributed by atoms with Crippen molar-refractivity contribution in [1.29, 1.82) is 0 Å². The molecule has 100 valence electrons. The van der Waals surface area contributed by atoms with Crippen LogP contribution in [0.4, 0.5) is 4.39 Å². The highest BCUT2D eigenvalue weighted by molar-refractivity contribution is 9.10. The highest BCUT2D eigenvalue weighted by Crippen LogP contribution is 2.17. The molecule has 0 saturated carbocycles. The van der Waals surface area contributed by atoms with Crippen LogP contribution in [0.2, 0.25) is 0 Å². The van der Waals surface area contributed by atoms with Crippen LogP contribution in [0.5, 0.6) is 0 Å². The zero-order valence-corrected chi connectivity index (χ0v) is 13.5. The molecule has 0 aromatic heterocycles. The Bertz CT molecular complexity index is 423. The predicted octanol–water partition coefficient (Wildman–Crippen LogP) is 4.13. The average Bonchev–Trinajstić information content (AvgIpc) is 2.31. The molecule has 1 N–H and O–H groups in total. The quantitative estimate of drug-likeness (QED) is 0.764. The van der Waals surface area contributed by atoms with E-state index in [1.165, 1.54) is 18.2 Å². The second kappa shape index (κ2) is 7.24. The van der Waals surface area contributed by atoms with Gasteiger partial charge in [0.25, 0.3) is 5.91 Å². The number of nitrogens with one attached hydrogen (secondary N) is 1. The fraction of sp³-hybridized carbons (Fsp3) is 0.462. The van der Waals surface area contributed by atoms with E-state index < -0.39 is 0 Å². The summed E-state index contributed by atoms with van der Waals surface area (Å²) in [7, 11) is 0. The van der Waals surface area contributed by atoms with Crippen LogP contribution in [0.25, 0.3) is 0 Å². The number of rotatable bonds is 5. The maximum atomic E-state index is 13.1. The van der Waals surface area contributed by atoms with E-state index >= 15 is 0 Å². The van der Waals surface area contributed by atoms with Gasteiger partial charge in [0, 0.05) is 16.9 Å². The monoisotopic (exact) mass is 379 g/mol. The van der Waals surface area contributed by atoms with E-state index in [0.717, 1.165) is 11.8 Å². The summed E-state index contributed by atoms with van der Waals surface area (Å²) in [4.78, 5) is 12.0. The second-order valence-electron chi connectivity index (χ2n) is 4.43. The number of hydrogen-bond acceptors (Lipinski definition) is 1. The van der Waals surface area contributed by atoms with Crippen LogP contribution in [0.1, 0.15) is 30.6 Å². The molecule has 5 heteroatoms. The zero-order chi connectivity index (χ0) is 13.7. The molecule has 0 aliphatic heterocycles. The van der Waals surface area contributed by atoms with Gasteiger partial charge >= 0.3 is 0 Å². The minimum Gasteiger partial charge on any atom is -0.349 e. The number of alkyl halides is 1. The van der Waals surface area contributed by atoms with Crippen LogP contribution in [0.15, 0.2) is 22.7 Å². The van der Waals surface area contributed by atoms with Crippen molar-refractivity contribution in [1.82, 2.24) is 5.32 Å². The van der Waals surface area contributed by atoms with Gasteiger partial charge in [-0.05, 0) is 46.5 Å². The molecule has 0 radical (unpaired) electrons. The number of carbonyl (C=O) groups is 1. The summed E-state index contributed by atoms with van der Waals surface area (Å²) >= 11 is 6.45. The lowest BCUT2D eigenvalue weighted by Crippen LogP contribution is -2.38. The van der Waals surface area contributed by atoms with E-state index in [2.05, 4.69) is 51.0 Å². The number of halogens is 3. The Kier molecular flexibility index (Phi) is 6.29. The number of benzene rings is 1. The molecule has 1 atom stereocenters. The molecule has 0 fully saturated rings. The minimum atomic E-state index is -0.368. The highest BCUT2D eigenvalue weighted by Gasteiger charge is 2.17. The molecule has 1 aromatic carbocycles. The Morgan fingerprint density at radius 1 is 1.44 bits per heavy atom. The van der Waals surface area contributed by atoms with Crippen molar-refractivity contribution in [3.05, 3.63) is 34.1 Å². The summed E-state index contributed by atoms with van der Waals surface area (Å²) < 4.78 is 13.4. The summed E-state index contributed by atoms with van der Waals surface area (Å²) in [6.07, 6.45) is 0.867. The van der Waals surface area contributed by atoms with Crippen molar-refractivity contribution in [3.8, 4) is 0 Å². The van der Waals surface area contributed by atoms with Gasteiger partial charge in [-0.15, -0.1) is 0 Å². The van der Waals surface area contributed by atoms with Gasteiger partial charge in [0.2, 0.25) is 0 Å². The SMILES string of the molecule is CC(C)C(CCBr)NC(=O)c1ccc(F)c(Br)c1. The first kappa shape index (κ1) is 15.6. The minimum absolute atomic E-state index is 0.112. The van der Waals surface area contributed by atoms with Crippen LogP contribution in [0.3, 0.4) is 0 Å². The van der Waals surface area contributed by atoms with Gasteiger partial charge in [0.15, 0.2) is 0 Å². The molecule has 0 bridgehead atoms. The maximum Gasteiger partial charge on any atom is 0.251 e. The molecule has 1 amide bonds. The Balaban J connectivity index is 2.77. The summed E-state index contributed by atoms with van der Waals surface area (Å²) in [6, 6.07) is 4.38. The Morgan fingerprint density at radius 2 is 2.11 bits per heavy atom. The van der Waals surface area contributed by atoms with Crippen LogP contribution >= 0.6 is 31.9 Å². The molecule has 0 saturated heterocycles. The van der Waals surface area contributed by atoms with E-state index in [4.69, 9.17) is 0 Å². The van der Waals surface area contributed by atoms with E-state index in [1.807, 2.05) is 0 Å².